The molecule has 0 radical (unpaired) electrons. The predicted octanol–water partition coefficient (Wildman–Crippen LogP) is 4.59. The quantitative estimate of drug-likeness (QED) is 0.646. The van der Waals surface area contributed by atoms with Crippen molar-refractivity contribution in [3.8, 4) is 17.0 Å². The molecule has 27 heavy (non-hydrogen) atoms. The molecule has 0 saturated heterocycles. The van der Waals surface area contributed by atoms with E-state index in [1.165, 1.54) is 18.2 Å². The molecule has 0 bridgehead atoms. The van der Waals surface area contributed by atoms with Crippen molar-refractivity contribution in [1.82, 2.24) is 10.2 Å². The molecule has 140 valence electrons. The van der Waals surface area contributed by atoms with Crippen molar-refractivity contribution in [2.75, 3.05) is 11.9 Å². The third-order valence-electron chi connectivity index (χ3n) is 3.71. The summed E-state index contributed by atoms with van der Waals surface area (Å²) < 4.78 is 32.2. The number of amides is 1. The first kappa shape index (κ1) is 18.8. The van der Waals surface area contributed by atoms with Crippen molar-refractivity contribution < 1.29 is 18.3 Å². The standard InChI is InChI=1S/C19H16ClF2N3O2/c1-2-27-19-11(4-3-5-15(19)20)8-18(26)23-17-10-16(24-25-17)12-6-13(21)9-14(22)7-12/h3-7,9-10H,2,8H2,1H3,(H2,23,24,25,26). The molecule has 2 N–H and O–H groups in total. The maximum atomic E-state index is 13.3. The highest BCUT2D eigenvalue weighted by Gasteiger charge is 2.14. The van der Waals surface area contributed by atoms with Crippen molar-refractivity contribution >= 4 is 23.3 Å². The van der Waals surface area contributed by atoms with Crippen molar-refractivity contribution in [3.63, 3.8) is 0 Å². The van der Waals surface area contributed by atoms with Gasteiger partial charge in [0.15, 0.2) is 5.82 Å². The van der Waals surface area contributed by atoms with Crippen LogP contribution in [0, 0.1) is 11.6 Å². The number of carbonyl (C=O) groups excluding carboxylic acids is 1. The van der Waals surface area contributed by atoms with Crippen LogP contribution in [0.5, 0.6) is 5.75 Å². The highest BCUT2D eigenvalue weighted by atomic mass is 35.5. The summed E-state index contributed by atoms with van der Waals surface area (Å²) in [5, 5.41) is 9.65. The number of hydrogen-bond donors (Lipinski definition) is 2. The molecule has 1 aromatic heterocycles. The molecule has 8 heteroatoms. The van der Waals surface area contributed by atoms with Gasteiger partial charge >= 0.3 is 0 Å². The number of aromatic amines is 1. The van der Waals surface area contributed by atoms with Gasteiger partial charge in [-0.25, -0.2) is 8.78 Å². The number of nitrogens with zero attached hydrogens (tertiary/aromatic N) is 1. The first-order valence-electron chi connectivity index (χ1n) is 8.18. The van der Waals surface area contributed by atoms with Gasteiger partial charge in [0.1, 0.15) is 17.4 Å². The van der Waals surface area contributed by atoms with Crippen LogP contribution < -0.4 is 10.1 Å². The van der Waals surface area contributed by atoms with E-state index < -0.39 is 11.6 Å². The van der Waals surface area contributed by atoms with E-state index in [2.05, 4.69) is 15.5 Å². The summed E-state index contributed by atoms with van der Waals surface area (Å²) in [6, 6.07) is 9.79. The third kappa shape index (κ3) is 4.62. The number of nitrogens with one attached hydrogen (secondary N) is 2. The molecule has 5 nitrogen and oxygen atoms in total. The second kappa shape index (κ2) is 8.18. The van der Waals surface area contributed by atoms with Gasteiger partial charge in [0.25, 0.3) is 0 Å². The minimum Gasteiger partial charge on any atom is -0.492 e. The summed E-state index contributed by atoms with van der Waals surface area (Å²) in [5.74, 6) is -1.03. The lowest BCUT2D eigenvalue weighted by Gasteiger charge is -2.11. The maximum Gasteiger partial charge on any atom is 0.230 e. The Balaban J connectivity index is 1.73. The minimum absolute atomic E-state index is 0.0344. The molecule has 3 rings (SSSR count). The Kier molecular flexibility index (Phi) is 5.71. The smallest absolute Gasteiger partial charge is 0.230 e. The summed E-state index contributed by atoms with van der Waals surface area (Å²) in [5.41, 5.74) is 1.31. The molecular formula is C19H16ClF2N3O2. The molecule has 0 atom stereocenters. The molecule has 0 fully saturated rings. The van der Waals surface area contributed by atoms with Crippen LogP contribution in [-0.2, 0) is 11.2 Å². The molecule has 0 aliphatic heterocycles. The van der Waals surface area contributed by atoms with Crippen LogP contribution in [0.2, 0.25) is 5.02 Å². The van der Waals surface area contributed by atoms with Gasteiger partial charge in [-0.1, -0.05) is 23.7 Å². The Bertz CT molecular complexity index is 955. The summed E-state index contributed by atoms with van der Waals surface area (Å²) >= 11 is 6.11. The SMILES string of the molecule is CCOc1c(Cl)cccc1CC(=O)Nc1cc(-c2cc(F)cc(F)c2)[nH]n1. The topological polar surface area (TPSA) is 67.0 Å². The number of hydrogen-bond acceptors (Lipinski definition) is 3. The fourth-order valence-corrected chi connectivity index (χ4v) is 2.85. The zero-order valence-corrected chi connectivity index (χ0v) is 15.1. The first-order valence-corrected chi connectivity index (χ1v) is 8.56. The molecule has 0 saturated carbocycles. The number of ether oxygens (including phenoxy) is 1. The van der Waals surface area contributed by atoms with Gasteiger partial charge in [0, 0.05) is 23.3 Å². The average molecular weight is 392 g/mol. The largest absolute Gasteiger partial charge is 0.492 e. The Hall–Kier alpha value is -2.93. The van der Waals surface area contributed by atoms with E-state index in [1.54, 1.807) is 18.2 Å². The van der Waals surface area contributed by atoms with E-state index in [9.17, 15) is 13.6 Å². The molecule has 1 heterocycles. The van der Waals surface area contributed by atoms with E-state index in [1.807, 2.05) is 6.92 Å². The summed E-state index contributed by atoms with van der Waals surface area (Å²) in [7, 11) is 0. The maximum absolute atomic E-state index is 13.3. The van der Waals surface area contributed by atoms with Gasteiger partial charge in [-0.2, -0.15) is 5.10 Å². The van der Waals surface area contributed by atoms with Crippen LogP contribution in [0.4, 0.5) is 14.6 Å². The monoisotopic (exact) mass is 391 g/mol. The number of para-hydroxylation sites is 1. The molecule has 0 spiro atoms. The number of carbonyl (C=O) groups is 1. The fourth-order valence-electron chi connectivity index (χ4n) is 2.60. The van der Waals surface area contributed by atoms with Crippen molar-refractivity contribution in [2.24, 2.45) is 0 Å². The second-order valence-corrected chi connectivity index (χ2v) is 6.12. The van der Waals surface area contributed by atoms with E-state index in [0.29, 0.717) is 28.6 Å². The summed E-state index contributed by atoms with van der Waals surface area (Å²) in [4.78, 5) is 12.3. The fraction of sp³-hybridized carbons (Fsp3) is 0.158. The van der Waals surface area contributed by atoms with Gasteiger partial charge in [-0.3, -0.25) is 9.89 Å². The third-order valence-corrected chi connectivity index (χ3v) is 4.00. The Morgan fingerprint density at radius 1 is 1.22 bits per heavy atom. The number of H-pyrrole nitrogens is 1. The number of benzene rings is 2. The number of aromatic nitrogens is 2. The van der Waals surface area contributed by atoms with Crippen molar-refractivity contribution in [1.29, 1.82) is 0 Å². The minimum atomic E-state index is -0.699. The first-order chi connectivity index (χ1) is 13.0. The van der Waals surface area contributed by atoms with Crippen LogP contribution in [0.3, 0.4) is 0 Å². The van der Waals surface area contributed by atoms with E-state index >= 15 is 0 Å². The molecule has 3 aromatic rings. The molecule has 0 unspecified atom stereocenters. The van der Waals surface area contributed by atoms with Crippen LogP contribution in [0.1, 0.15) is 12.5 Å². The highest BCUT2D eigenvalue weighted by Crippen LogP contribution is 2.29. The average Bonchev–Trinajstić information content (AvgIpc) is 3.05. The molecule has 0 aliphatic rings. The molecular weight excluding hydrogens is 376 g/mol. The van der Waals surface area contributed by atoms with Crippen LogP contribution in [0.15, 0.2) is 42.5 Å². The van der Waals surface area contributed by atoms with Gasteiger partial charge in [0.2, 0.25) is 5.91 Å². The van der Waals surface area contributed by atoms with Gasteiger partial charge < -0.3 is 10.1 Å². The normalized spacial score (nSPS) is 10.7. The number of anilines is 1. The van der Waals surface area contributed by atoms with Crippen molar-refractivity contribution in [2.45, 2.75) is 13.3 Å². The van der Waals surface area contributed by atoms with Crippen LogP contribution >= 0.6 is 11.6 Å². The van der Waals surface area contributed by atoms with E-state index in [-0.39, 0.29) is 23.7 Å². The molecule has 0 aliphatic carbocycles. The van der Waals surface area contributed by atoms with Crippen LogP contribution in [0.25, 0.3) is 11.3 Å². The lowest BCUT2D eigenvalue weighted by Crippen LogP contribution is -2.15. The van der Waals surface area contributed by atoms with Gasteiger partial charge in [-0.05, 0) is 25.1 Å². The lowest BCUT2D eigenvalue weighted by molar-refractivity contribution is -0.115. The predicted molar refractivity (Wildman–Crippen MR) is 98.9 cm³/mol. The lowest BCUT2D eigenvalue weighted by atomic mass is 10.1. The van der Waals surface area contributed by atoms with Gasteiger partial charge in [0.05, 0.1) is 23.7 Å². The number of halogens is 3. The summed E-state index contributed by atoms with van der Waals surface area (Å²) in [6.45, 7) is 2.25. The second-order valence-electron chi connectivity index (χ2n) is 5.71. The zero-order chi connectivity index (χ0) is 19.4. The highest BCUT2D eigenvalue weighted by molar-refractivity contribution is 6.32. The number of rotatable bonds is 6. The van der Waals surface area contributed by atoms with Crippen molar-refractivity contribution in [3.05, 3.63) is 64.7 Å². The zero-order valence-electron chi connectivity index (χ0n) is 14.4. The van der Waals surface area contributed by atoms with E-state index in [0.717, 1.165) is 6.07 Å². The Morgan fingerprint density at radius 3 is 2.67 bits per heavy atom. The molecule has 1 amide bonds. The van der Waals surface area contributed by atoms with Crippen LogP contribution in [-0.4, -0.2) is 22.7 Å². The Labute approximate surface area is 159 Å². The Morgan fingerprint density at radius 2 is 1.96 bits per heavy atom. The van der Waals surface area contributed by atoms with Gasteiger partial charge in [-0.15, -0.1) is 0 Å². The summed E-state index contributed by atoms with van der Waals surface area (Å²) in [6.07, 6.45) is 0.0344. The van der Waals surface area contributed by atoms with E-state index in [4.69, 9.17) is 16.3 Å². The molecule has 2 aromatic carbocycles.